The quantitative estimate of drug-likeness (QED) is 0.757. The number of likely N-dealkylation sites (tertiary alicyclic amines) is 1. The molecule has 130 valence electrons. The van der Waals surface area contributed by atoms with Gasteiger partial charge in [-0.15, -0.1) is 11.3 Å². The standard InChI is InChI=1S/C18H20N4O2S/c1-11-13(17(24)21-20-11)9-16(23)22-8-4-5-12(10-22)18-19-14-6-2-3-7-15(14)25-18/h2-3,6-7,12H,4-5,8-10H2,1H3,(H2,20,21,24)/t12-/m0/s1. The third kappa shape index (κ3) is 3.11. The fraction of sp³-hybridized carbons (Fsp3) is 0.389. The number of nitrogens with zero attached hydrogens (tertiary/aromatic N) is 2. The van der Waals surface area contributed by atoms with Crippen LogP contribution in [-0.4, -0.2) is 39.1 Å². The van der Waals surface area contributed by atoms with Crippen LogP contribution in [0.3, 0.4) is 0 Å². The Labute approximate surface area is 148 Å². The molecule has 1 aliphatic heterocycles. The van der Waals surface area contributed by atoms with Crippen molar-refractivity contribution in [2.24, 2.45) is 0 Å². The Balaban J connectivity index is 1.50. The lowest BCUT2D eigenvalue weighted by Crippen LogP contribution is -2.40. The van der Waals surface area contributed by atoms with Crippen LogP contribution in [0.25, 0.3) is 10.2 Å². The number of fused-ring (bicyclic) bond motifs is 1. The zero-order chi connectivity index (χ0) is 17.4. The van der Waals surface area contributed by atoms with Gasteiger partial charge in [0.25, 0.3) is 5.56 Å². The molecule has 0 bridgehead atoms. The molecule has 2 aromatic heterocycles. The van der Waals surface area contributed by atoms with Crippen molar-refractivity contribution in [3.8, 4) is 0 Å². The van der Waals surface area contributed by atoms with Gasteiger partial charge < -0.3 is 10.00 Å². The van der Waals surface area contributed by atoms with E-state index in [0.717, 1.165) is 35.6 Å². The molecule has 0 unspecified atom stereocenters. The average Bonchev–Trinajstić information content (AvgIpc) is 3.20. The summed E-state index contributed by atoms with van der Waals surface area (Å²) in [7, 11) is 0. The topological polar surface area (TPSA) is 81.8 Å². The first-order valence-corrected chi connectivity index (χ1v) is 9.33. The van der Waals surface area contributed by atoms with Crippen molar-refractivity contribution in [1.82, 2.24) is 20.1 Å². The molecule has 1 aromatic carbocycles. The highest BCUT2D eigenvalue weighted by Crippen LogP contribution is 2.33. The van der Waals surface area contributed by atoms with E-state index in [2.05, 4.69) is 16.3 Å². The van der Waals surface area contributed by atoms with Crippen LogP contribution in [-0.2, 0) is 11.2 Å². The number of aromatic amines is 2. The first-order chi connectivity index (χ1) is 12.1. The number of aromatic nitrogens is 3. The lowest BCUT2D eigenvalue weighted by molar-refractivity contribution is -0.131. The lowest BCUT2D eigenvalue weighted by Gasteiger charge is -2.31. The van der Waals surface area contributed by atoms with Crippen LogP contribution in [0.4, 0.5) is 0 Å². The highest BCUT2D eigenvalue weighted by molar-refractivity contribution is 7.18. The minimum absolute atomic E-state index is 0.0130. The smallest absolute Gasteiger partial charge is 0.267 e. The zero-order valence-electron chi connectivity index (χ0n) is 14.0. The van der Waals surface area contributed by atoms with Gasteiger partial charge in [-0.2, -0.15) is 0 Å². The largest absolute Gasteiger partial charge is 0.342 e. The van der Waals surface area contributed by atoms with Crippen molar-refractivity contribution in [3.63, 3.8) is 0 Å². The predicted molar refractivity (Wildman–Crippen MR) is 98.0 cm³/mol. The normalized spacial score (nSPS) is 18.0. The molecule has 3 heterocycles. The number of aryl methyl sites for hydroxylation is 1. The third-order valence-electron chi connectivity index (χ3n) is 4.85. The highest BCUT2D eigenvalue weighted by Gasteiger charge is 2.27. The van der Waals surface area contributed by atoms with E-state index < -0.39 is 0 Å². The van der Waals surface area contributed by atoms with Crippen LogP contribution in [0.15, 0.2) is 29.1 Å². The van der Waals surface area contributed by atoms with Crippen LogP contribution in [0.1, 0.15) is 35.0 Å². The first-order valence-electron chi connectivity index (χ1n) is 8.51. The SMILES string of the molecule is Cc1[nH][nH]c(=O)c1CC(=O)N1CCC[C@H](c2nc3ccccc3s2)C1. The lowest BCUT2D eigenvalue weighted by atomic mass is 9.98. The molecule has 0 radical (unpaired) electrons. The molecule has 0 spiro atoms. The zero-order valence-corrected chi connectivity index (χ0v) is 14.9. The van der Waals surface area contributed by atoms with E-state index in [1.165, 1.54) is 4.70 Å². The molecule has 6 nitrogen and oxygen atoms in total. The molecule has 1 fully saturated rings. The van der Waals surface area contributed by atoms with Crippen LogP contribution in [0.2, 0.25) is 0 Å². The van der Waals surface area contributed by atoms with Crippen LogP contribution in [0.5, 0.6) is 0 Å². The fourth-order valence-corrected chi connectivity index (χ4v) is 4.51. The van der Waals surface area contributed by atoms with Crippen LogP contribution in [0, 0.1) is 6.92 Å². The van der Waals surface area contributed by atoms with Gasteiger partial charge in [0, 0.05) is 30.3 Å². The van der Waals surface area contributed by atoms with Gasteiger partial charge in [-0.3, -0.25) is 14.7 Å². The molecule has 4 rings (SSSR count). The summed E-state index contributed by atoms with van der Waals surface area (Å²) in [5.74, 6) is 0.291. The van der Waals surface area contributed by atoms with Crippen molar-refractivity contribution in [2.45, 2.75) is 32.1 Å². The summed E-state index contributed by atoms with van der Waals surface area (Å²) in [6, 6.07) is 8.14. The summed E-state index contributed by atoms with van der Waals surface area (Å²) in [6.45, 7) is 3.24. The van der Waals surface area contributed by atoms with Crippen molar-refractivity contribution in [3.05, 3.63) is 50.9 Å². The maximum Gasteiger partial charge on any atom is 0.267 e. The highest BCUT2D eigenvalue weighted by atomic mass is 32.1. The Morgan fingerprint density at radius 1 is 1.36 bits per heavy atom. The van der Waals surface area contributed by atoms with Crippen molar-refractivity contribution >= 4 is 27.5 Å². The summed E-state index contributed by atoms with van der Waals surface area (Å²) >= 11 is 1.72. The summed E-state index contributed by atoms with van der Waals surface area (Å²) in [5.41, 5.74) is 2.09. The number of H-pyrrole nitrogens is 2. The predicted octanol–water partition coefficient (Wildman–Crippen LogP) is 2.57. The Hall–Kier alpha value is -2.41. The number of benzene rings is 1. The van der Waals surface area contributed by atoms with E-state index in [0.29, 0.717) is 12.1 Å². The number of nitrogens with one attached hydrogen (secondary N) is 2. The average molecular weight is 356 g/mol. The Bertz CT molecular complexity index is 938. The number of carbonyl (C=O) groups excluding carboxylic acids is 1. The number of carbonyl (C=O) groups is 1. The summed E-state index contributed by atoms with van der Waals surface area (Å²) in [4.78, 5) is 31.1. The molecule has 1 saturated heterocycles. The summed E-state index contributed by atoms with van der Waals surface area (Å²) < 4.78 is 1.19. The monoisotopic (exact) mass is 356 g/mol. The number of rotatable bonds is 3. The van der Waals surface area contributed by atoms with E-state index in [-0.39, 0.29) is 23.8 Å². The number of hydrogen-bond acceptors (Lipinski definition) is 4. The molecule has 1 amide bonds. The molecule has 1 aliphatic rings. The number of hydrogen-bond donors (Lipinski definition) is 2. The van der Waals surface area contributed by atoms with Crippen molar-refractivity contribution in [2.75, 3.05) is 13.1 Å². The second-order valence-electron chi connectivity index (χ2n) is 6.56. The number of para-hydroxylation sites is 1. The Morgan fingerprint density at radius 3 is 2.96 bits per heavy atom. The number of thiazole rings is 1. The summed E-state index contributed by atoms with van der Waals surface area (Å²) in [5, 5.41) is 6.42. The van der Waals surface area contributed by atoms with E-state index in [1.807, 2.05) is 23.1 Å². The van der Waals surface area contributed by atoms with Gasteiger partial charge in [0.15, 0.2) is 0 Å². The first kappa shape index (κ1) is 16.1. The van der Waals surface area contributed by atoms with Crippen molar-refractivity contribution in [1.29, 1.82) is 0 Å². The molecule has 25 heavy (non-hydrogen) atoms. The summed E-state index contributed by atoms with van der Waals surface area (Å²) in [6.07, 6.45) is 2.17. The molecule has 1 atom stereocenters. The van der Waals surface area contributed by atoms with E-state index in [9.17, 15) is 9.59 Å². The minimum Gasteiger partial charge on any atom is -0.342 e. The number of piperidine rings is 1. The van der Waals surface area contributed by atoms with Gasteiger partial charge in [0.2, 0.25) is 5.91 Å². The molecular formula is C18H20N4O2S. The molecule has 0 saturated carbocycles. The molecule has 7 heteroatoms. The van der Waals surface area contributed by atoms with Gasteiger partial charge in [-0.1, -0.05) is 12.1 Å². The molecule has 3 aromatic rings. The van der Waals surface area contributed by atoms with Crippen LogP contribution < -0.4 is 5.56 Å². The van der Waals surface area contributed by atoms with E-state index >= 15 is 0 Å². The molecular weight excluding hydrogens is 336 g/mol. The van der Waals surface area contributed by atoms with Crippen molar-refractivity contribution < 1.29 is 4.79 Å². The number of amides is 1. The van der Waals surface area contributed by atoms with Gasteiger partial charge in [-0.05, 0) is 31.9 Å². The maximum absolute atomic E-state index is 12.7. The van der Waals surface area contributed by atoms with E-state index in [4.69, 9.17) is 4.98 Å². The molecule has 2 N–H and O–H groups in total. The Morgan fingerprint density at radius 2 is 2.20 bits per heavy atom. The van der Waals surface area contributed by atoms with E-state index in [1.54, 1.807) is 18.3 Å². The third-order valence-corrected chi connectivity index (χ3v) is 6.05. The Kier molecular flexibility index (Phi) is 4.17. The van der Waals surface area contributed by atoms with Gasteiger partial charge >= 0.3 is 0 Å². The van der Waals surface area contributed by atoms with Gasteiger partial charge in [-0.25, -0.2) is 4.98 Å². The minimum atomic E-state index is -0.203. The van der Waals surface area contributed by atoms with Gasteiger partial charge in [0.05, 0.1) is 21.6 Å². The van der Waals surface area contributed by atoms with Gasteiger partial charge in [0.1, 0.15) is 0 Å². The fourth-order valence-electron chi connectivity index (χ4n) is 3.42. The second-order valence-corrected chi connectivity index (χ2v) is 7.62. The maximum atomic E-state index is 12.7. The second kappa shape index (κ2) is 6.48. The van der Waals surface area contributed by atoms with Crippen LogP contribution >= 0.6 is 11.3 Å². The molecule has 0 aliphatic carbocycles.